The first-order valence-corrected chi connectivity index (χ1v) is 8.30. The second kappa shape index (κ2) is 6.67. The third kappa shape index (κ3) is 3.90. The Labute approximate surface area is 115 Å². The molecule has 0 aromatic heterocycles. The van der Waals surface area contributed by atoms with Gasteiger partial charge >= 0.3 is 5.97 Å². The molecule has 1 fully saturated rings. The van der Waals surface area contributed by atoms with E-state index in [-0.39, 0.29) is 6.54 Å². The summed E-state index contributed by atoms with van der Waals surface area (Å²) in [5.41, 5.74) is -0.932. The standard InChI is InChI=1S/C12H24N2O4S/c1-3-14(4-2)19(17,18)13-10-12(11(15)16)8-6-5-7-9-12/h13H,3-10H2,1-2H3,(H,15,16). The van der Waals surface area contributed by atoms with Crippen LogP contribution in [0, 0.1) is 5.41 Å². The van der Waals surface area contributed by atoms with Crippen LogP contribution in [0.15, 0.2) is 0 Å². The molecule has 2 N–H and O–H groups in total. The molecule has 1 aliphatic rings. The number of rotatable bonds is 7. The van der Waals surface area contributed by atoms with Crippen molar-refractivity contribution in [3.63, 3.8) is 0 Å². The lowest BCUT2D eigenvalue weighted by molar-refractivity contribution is -0.150. The zero-order valence-electron chi connectivity index (χ0n) is 11.7. The molecule has 19 heavy (non-hydrogen) atoms. The third-order valence-corrected chi connectivity index (χ3v) is 5.61. The Hall–Kier alpha value is -0.660. The second-order valence-corrected chi connectivity index (χ2v) is 6.81. The Morgan fingerprint density at radius 1 is 1.21 bits per heavy atom. The summed E-state index contributed by atoms with van der Waals surface area (Å²) in [6.45, 7) is 4.27. The summed E-state index contributed by atoms with van der Waals surface area (Å²) in [5.74, 6) is -0.894. The summed E-state index contributed by atoms with van der Waals surface area (Å²) in [6.07, 6.45) is 3.81. The molecule has 0 radical (unpaired) electrons. The van der Waals surface area contributed by atoms with E-state index in [0.717, 1.165) is 19.3 Å². The fourth-order valence-electron chi connectivity index (χ4n) is 2.58. The van der Waals surface area contributed by atoms with Crippen LogP contribution in [0.4, 0.5) is 0 Å². The lowest BCUT2D eigenvalue weighted by Crippen LogP contribution is -2.48. The van der Waals surface area contributed by atoms with Gasteiger partial charge in [0.2, 0.25) is 0 Å². The fourth-order valence-corrected chi connectivity index (χ4v) is 3.90. The Bertz CT molecular complexity index is 398. The first-order valence-electron chi connectivity index (χ1n) is 6.86. The molecule has 1 saturated carbocycles. The van der Waals surface area contributed by atoms with Crippen LogP contribution in [-0.2, 0) is 15.0 Å². The van der Waals surface area contributed by atoms with E-state index in [2.05, 4.69) is 4.72 Å². The summed E-state index contributed by atoms with van der Waals surface area (Å²) in [4.78, 5) is 11.5. The van der Waals surface area contributed by atoms with Crippen molar-refractivity contribution in [2.45, 2.75) is 46.0 Å². The predicted molar refractivity (Wildman–Crippen MR) is 73.0 cm³/mol. The minimum atomic E-state index is -3.57. The van der Waals surface area contributed by atoms with Crippen molar-refractivity contribution < 1.29 is 18.3 Å². The molecule has 0 bridgehead atoms. The first kappa shape index (κ1) is 16.4. The van der Waals surface area contributed by atoms with Crippen molar-refractivity contribution in [1.29, 1.82) is 0 Å². The highest BCUT2D eigenvalue weighted by Crippen LogP contribution is 2.36. The van der Waals surface area contributed by atoms with Gasteiger partial charge in [0.05, 0.1) is 5.41 Å². The summed E-state index contributed by atoms with van der Waals surface area (Å²) < 4.78 is 27.8. The lowest BCUT2D eigenvalue weighted by atomic mass is 9.74. The number of hydrogen-bond donors (Lipinski definition) is 2. The highest BCUT2D eigenvalue weighted by Gasteiger charge is 2.40. The number of carboxylic acid groups (broad SMARTS) is 1. The Morgan fingerprint density at radius 2 is 1.74 bits per heavy atom. The normalized spacial score (nSPS) is 19.5. The molecule has 0 spiro atoms. The smallest absolute Gasteiger partial charge is 0.310 e. The van der Waals surface area contributed by atoms with E-state index < -0.39 is 21.6 Å². The maximum absolute atomic E-state index is 12.0. The maximum Gasteiger partial charge on any atom is 0.310 e. The Kier molecular flexibility index (Phi) is 5.76. The van der Waals surface area contributed by atoms with Crippen molar-refractivity contribution in [3.05, 3.63) is 0 Å². The van der Waals surface area contributed by atoms with Crippen molar-refractivity contribution in [2.24, 2.45) is 5.41 Å². The number of carboxylic acids is 1. The van der Waals surface area contributed by atoms with Gasteiger partial charge in [0, 0.05) is 19.6 Å². The average molecular weight is 292 g/mol. The fraction of sp³-hybridized carbons (Fsp3) is 0.917. The molecule has 7 heteroatoms. The van der Waals surface area contributed by atoms with Gasteiger partial charge in [-0.15, -0.1) is 0 Å². The van der Waals surface area contributed by atoms with Gasteiger partial charge in [0.25, 0.3) is 10.2 Å². The molecule has 1 aliphatic carbocycles. The van der Waals surface area contributed by atoms with Crippen molar-refractivity contribution in [1.82, 2.24) is 9.03 Å². The summed E-state index contributed by atoms with van der Waals surface area (Å²) in [6, 6.07) is 0. The summed E-state index contributed by atoms with van der Waals surface area (Å²) in [5, 5.41) is 9.39. The largest absolute Gasteiger partial charge is 0.481 e. The first-order chi connectivity index (χ1) is 8.88. The molecule has 0 aromatic rings. The van der Waals surface area contributed by atoms with E-state index in [1.165, 1.54) is 4.31 Å². The summed E-state index contributed by atoms with van der Waals surface area (Å²) >= 11 is 0. The Balaban J connectivity index is 2.74. The van der Waals surface area contributed by atoms with Crippen LogP contribution in [-0.4, -0.2) is 43.4 Å². The topological polar surface area (TPSA) is 86.7 Å². The van der Waals surface area contributed by atoms with Gasteiger partial charge in [0.15, 0.2) is 0 Å². The zero-order chi connectivity index (χ0) is 14.5. The summed E-state index contributed by atoms with van der Waals surface area (Å²) in [7, 11) is -3.57. The molecule has 0 saturated heterocycles. The van der Waals surface area contributed by atoms with Crippen LogP contribution >= 0.6 is 0 Å². The van der Waals surface area contributed by atoms with E-state index in [0.29, 0.717) is 25.9 Å². The van der Waals surface area contributed by atoms with Gasteiger partial charge in [-0.3, -0.25) is 4.79 Å². The molecule has 0 heterocycles. The maximum atomic E-state index is 12.0. The molecule has 0 amide bonds. The van der Waals surface area contributed by atoms with Gasteiger partial charge in [-0.25, -0.2) is 4.72 Å². The quantitative estimate of drug-likeness (QED) is 0.738. The van der Waals surface area contributed by atoms with Gasteiger partial charge < -0.3 is 5.11 Å². The highest BCUT2D eigenvalue weighted by molar-refractivity contribution is 7.87. The van der Waals surface area contributed by atoms with Crippen LogP contribution in [0.2, 0.25) is 0 Å². The van der Waals surface area contributed by atoms with Crippen LogP contribution in [0.25, 0.3) is 0 Å². The molecule has 0 unspecified atom stereocenters. The van der Waals surface area contributed by atoms with Crippen LogP contribution in [0.1, 0.15) is 46.0 Å². The number of aliphatic carboxylic acids is 1. The lowest BCUT2D eigenvalue weighted by Gasteiger charge is -2.33. The molecule has 112 valence electrons. The average Bonchev–Trinajstić information content (AvgIpc) is 2.38. The number of hydrogen-bond acceptors (Lipinski definition) is 3. The predicted octanol–water partition coefficient (Wildman–Crippen LogP) is 1.20. The number of nitrogens with zero attached hydrogens (tertiary/aromatic N) is 1. The molecular formula is C12H24N2O4S. The van der Waals surface area contributed by atoms with Gasteiger partial charge in [-0.1, -0.05) is 33.1 Å². The van der Waals surface area contributed by atoms with Crippen molar-refractivity contribution >= 4 is 16.2 Å². The molecule has 0 aromatic carbocycles. The molecule has 0 atom stereocenters. The molecular weight excluding hydrogens is 268 g/mol. The second-order valence-electron chi connectivity index (χ2n) is 5.06. The van der Waals surface area contributed by atoms with Crippen LogP contribution < -0.4 is 4.72 Å². The van der Waals surface area contributed by atoms with Crippen molar-refractivity contribution in [3.8, 4) is 0 Å². The SMILES string of the molecule is CCN(CC)S(=O)(=O)NCC1(C(=O)O)CCCCC1. The van der Waals surface area contributed by atoms with Gasteiger partial charge in [0.1, 0.15) is 0 Å². The van der Waals surface area contributed by atoms with Crippen LogP contribution in [0.3, 0.4) is 0 Å². The number of nitrogens with one attached hydrogen (secondary N) is 1. The molecule has 6 nitrogen and oxygen atoms in total. The molecule has 0 aliphatic heterocycles. The highest BCUT2D eigenvalue weighted by atomic mass is 32.2. The van der Waals surface area contributed by atoms with E-state index in [1.54, 1.807) is 13.8 Å². The van der Waals surface area contributed by atoms with E-state index in [9.17, 15) is 18.3 Å². The van der Waals surface area contributed by atoms with E-state index >= 15 is 0 Å². The van der Waals surface area contributed by atoms with E-state index in [4.69, 9.17) is 0 Å². The number of carbonyl (C=O) groups is 1. The van der Waals surface area contributed by atoms with Gasteiger partial charge in [-0.05, 0) is 12.8 Å². The minimum Gasteiger partial charge on any atom is -0.481 e. The van der Waals surface area contributed by atoms with Crippen LogP contribution in [0.5, 0.6) is 0 Å². The monoisotopic (exact) mass is 292 g/mol. The Morgan fingerprint density at radius 3 is 2.16 bits per heavy atom. The third-order valence-electron chi connectivity index (χ3n) is 3.90. The van der Waals surface area contributed by atoms with Gasteiger partial charge in [-0.2, -0.15) is 12.7 Å². The minimum absolute atomic E-state index is 0.0127. The van der Waals surface area contributed by atoms with Crippen molar-refractivity contribution in [2.75, 3.05) is 19.6 Å². The zero-order valence-corrected chi connectivity index (χ0v) is 12.5. The molecule has 1 rings (SSSR count). The van der Waals surface area contributed by atoms with E-state index in [1.807, 2.05) is 0 Å².